The first-order valence-electron chi connectivity index (χ1n) is 7.16. The minimum absolute atomic E-state index is 0.397. The molecule has 0 atom stereocenters. The maximum Gasteiger partial charge on any atom is 0.387 e. The van der Waals surface area contributed by atoms with Gasteiger partial charge < -0.3 is 14.8 Å². The second-order valence-corrected chi connectivity index (χ2v) is 4.78. The topological polar surface area (TPSA) is 73.6 Å². The molecule has 6 nitrogen and oxygen atoms in total. The molecule has 0 saturated carbocycles. The molecule has 0 aliphatic heterocycles. The van der Waals surface area contributed by atoms with E-state index in [1.165, 1.54) is 12.1 Å². The number of nitrogens with zero attached hydrogens (tertiary/aromatic N) is 1. The molecule has 24 heavy (non-hydrogen) atoms. The first-order valence-corrected chi connectivity index (χ1v) is 7.16. The lowest BCUT2D eigenvalue weighted by Gasteiger charge is -2.10. The lowest BCUT2D eigenvalue weighted by atomic mass is 10.2. The van der Waals surface area contributed by atoms with Gasteiger partial charge in [-0.2, -0.15) is 8.78 Å². The van der Waals surface area contributed by atoms with Crippen molar-refractivity contribution in [1.82, 2.24) is 0 Å². The van der Waals surface area contributed by atoms with Crippen molar-refractivity contribution in [2.45, 2.75) is 20.1 Å². The standard InChI is InChI=1S/C16H16F2N2O4/c1-2-23-10-11-3-5-12(6-4-11)19-13-7-8-14(20(21)22)15(9-13)24-16(17)18/h3-9,16,19H,2,10H2,1H3. The Kier molecular flexibility index (Phi) is 6.02. The SMILES string of the molecule is CCOCc1ccc(Nc2ccc([N+](=O)[O-])c(OC(F)F)c2)cc1. The van der Waals surface area contributed by atoms with Crippen molar-refractivity contribution >= 4 is 17.1 Å². The van der Waals surface area contributed by atoms with Crippen LogP contribution in [0.5, 0.6) is 5.75 Å². The maximum absolute atomic E-state index is 12.4. The van der Waals surface area contributed by atoms with Gasteiger partial charge in [-0.25, -0.2) is 0 Å². The van der Waals surface area contributed by atoms with E-state index in [0.717, 1.165) is 11.6 Å². The van der Waals surface area contributed by atoms with E-state index in [9.17, 15) is 18.9 Å². The summed E-state index contributed by atoms with van der Waals surface area (Å²) in [5.74, 6) is -0.493. The third-order valence-corrected chi connectivity index (χ3v) is 3.09. The molecule has 1 N–H and O–H groups in total. The Labute approximate surface area is 137 Å². The first-order chi connectivity index (χ1) is 11.5. The molecule has 0 amide bonds. The van der Waals surface area contributed by atoms with Crippen molar-refractivity contribution in [2.75, 3.05) is 11.9 Å². The average molecular weight is 338 g/mol. The summed E-state index contributed by atoms with van der Waals surface area (Å²) < 4.78 is 34.3. The molecule has 8 heteroatoms. The number of nitrogens with one attached hydrogen (secondary N) is 1. The van der Waals surface area contributed by atoms with Crippen LogP contribution in [0.15, 0.2) is 42.5 Å². The third kappa shape index (κ3) is 4.88. The van der Waals surface area contributed by atoms with Crippen molar-refractivity contribution in [3.63, 3.8) is 0 Å². The molecule has 2 aromatic rings. The summed E-state index contributed by atoms with van der Waals surface area (Å²) in [6.45, 7) is -0.114. The minimum Gasteiger partial charge on any atom is -0.427 e. The normalized spacial score (nSPS) is 10.7. The highest BCUT2D eigenvalue weighted by atomic mass is 19.3. The Morgan fingerprint density at radius 2 is 1.83 bits per heavy atom. The highest BCUT2D eigenvalue weighted by Gasteiger charge is 2.19. The van der Waals surface area contributed by atoms with Crippen LogP contribution in [0.25, 0.3) is 0 Å². The fourth-order valence-corrected chi connectivity index (χ4v) is 2.00. The smallest absolute Gasteiger partial charge is 0.387 e. The van der Waals surface area contributed by atoms with E-state index in [2.05, 4.69) is 10.1 Å². The molecule has 0 unspecified atom stereocenters. The second-order valence-electron chi connectivity index (χ2n) is 4.78. The van der Waals surface area contributed by atoms with Crippen LogP contribution in [0.3, 0.4) is 0 Å². The molecule has 0 heterocycles. The van der Waals surface area contributed by atoms with Gasteiger partial charge >= 0.3 is 12.3 Å². The number of anilines is 2. The number of rotatable bonds is 8. The molecule has 2 aromatic carbocycles. The van der Waals surface area contributed by atoms with Crippen LogP contribution < -0.4 is 10.1 Å². The van der Waals surface area contributed by atoms with E-state index in [0.29, 0.717) is 24.6 Å². The molecule has 0 saturated heterocycles. The van der Waals surface area contributed by atoms with Gasteiger partial charge in [0, 0.05) is 30.1 Å². The quantitative estimate of drug-likeness (QED) is 0.567. The van der Waals surface area contributed by atoms with Crippen LogP contribution in [0.1, 0.15) is 12.5 Å². The molecular weight excluding hydrogens is 322 g/mol. The summed E-state index contributed by atoms with van der Waals surface area (Å²) >= 11 is 0. The van der Waals surface area contributed by atoms with Crippen molar-refractivity contribution in [3.8, 4) is 5.75 Å². The fraction of sp³-hybridized carbons (Fsp3) is 0.250. The number of nitro benzene ring substituents is 1. The van der Waals surface area contributed by atoms with Gasteiger partial charge in [0.25, 0.3) is 0 Å². The van der Waals surface area contributed by atoms with E-state index in [4.69, 9.17) is 4.74 Å². The van der Waals surface area contributed by atoms with Gasteiger partial charge in [0.05, 0.1) is 11.5 Å². The maximum atomic E-state index is 12.4. The number of nitro groups is 1. The zero-order chi connectivity index (χ0) is 17.5. The fourth-order valence-electron chi connectivity index (χ4n) is 2.00. The number of benzene rings is 2. The molecule has 0 aliphatic rings. The molecule has 0 spiro atoms. The molecule has 2 rings (SSSR count). The molecule has 128 valence electrons. The largest absolute Gasteiger partial charge is 0.427 e. The van der Waals surface area contributed by atoms with Gasteiger partial charge in [0.1, 0.15) is 0 Å². The zero-order valence-electron chi connectivity index (χ0n) is 12.9. The Bertz CT molecular complexity index is 693. The van der Waals surface area contributed by atoms with Gasteiger partial charge in [-0.3, -0.25) is 10.1 Å². The van der Waals surface area contributed by atoms with E-state index >= 15 is 0 Å². The molecule has 0 fully saturated rings. The van der Waals surface area contributed by atoms with E-state index in [1.807, 2.05) is 19.1 Å². The first kappa shape index (κ1) is 17.6. The number of halogens is 2. The lowest BCUT2D eigenvalue weighted by Crippen LogP contribution is -2.05. The van der Waals surface area contributed by atoms with Crippen LogP contribution in [-0.4, -0.2) is 18.1 Å². The molecule has 0 aromatic heterocycles. The Morgan fingerprint density at radius 3 is 2.42 bits per heavy atom. The Morgan fingerprint density at radius 1 is 1.17 bits per heavy atom. The monoisotopic (exact) mass is 338 g/mol. The lowest BCUT2D eigenvalue weighted by molar-refractivity contribution is -0.386. The number of alkyl halides is 2. The van der Waals surface area contributed by atoms with Crippen molar-refractivity contribution in [3.05, 3.63) is 58.1 Å². The van der Waals surface area contributed by atoms with Crippen LogP contribution in [0.4, 0.5) is 25.8 Å². The van der Waals surface area contributed by atoms with Crippen LogP contribution in [-0.2, 0) is 11.3 Å². The van der Waals surface area contributed by atoms with Gasteiger partial charge in [-0.1, -0.05) is 12.1 Å². The molecule has 0 radical (unpaired) electrons. The molecular formula is C16H16F2N2O4. The van der Waals surface area contributed by atoms with Crippen molar-refractivity contribution in [1.29, 1.82) is 0 Å². The molecule has 0 aliphatic carbocycles. The highest BCUT2D eigenvalue weighted by molar-refractivity contribution is 5.65. The van der Waals surface area contributed by atoms with Crippen molar-refractivity contribution in [2.24, 2.45) is 0 Å². The summed E-state index contributed by atoms with van der Waals surface area (Å²) in [7, 11) is 0. The number of hydrogen-bond acceptors (Lipinski definition) is 5. The van der Waals surface area contributed by atoms with Crippen LogP contribution in [0, 0.1) is 10.1 Å². The third-order valence-electron chi connectivity index (χ3n) is 3.09. The van der Waals surface area contributed by atoms with Gasteiger partial charge in [-0.15, -0.1) is 0 Å². The van der Waals surface area contributed by atoms with Gasteiger partial charge in [-0.05, 0) is 30.7 Å². The van der Waals surface area contributed by atoms with E-state index < -0.39 is 23.0 Å². The zero-order valence-corrected chi connectivity index (χ0v) is 12.9. The summed E-state index contributed by atoms with van der Waals surface area (Å²) in [6, 6.07) is 11.0. The average Bonchev–Trinajstić information content (AvgIpc) is 2.53. The van der Waals surface area contributed by atoms with E-state index in [1.54, 1.807) is 12.1 Å². The Hall–Kier alpha value is -2.74. The number of hydrogen-bond donors (Lipinski definition) is 1. The summed E-state index contributed by atoms with van der Waals surface area (Å²) in [5, 5.41) is 13.8. The summed E-state index contributed by atoms with van der Waals surface area (Å²) in [6.07, 6.45) is 0. The van der Waals surface area contributed by atoms with Gasteiger partial charge in [0.2, 0.25) is 5.75 Å². The van der Waals surface area contributed by atoms with Crippen molar-refractivity contribution < 1.29 is 23.2 Å². The second kappa shape index (κ2) is 8.21. The van der Waals surface area contributed by atoms with Crippen LogP contribution in [0.2, 0.25) is 0 Å². The summed E-state index contributed by atoms with van der Waals surface area (Å²) in [4.78, 5) is 10.1. The highest BCUT2D eigenvalue weighted by Crippen LogP contribution is 2.32. The molecule has 0 bridgehead atoms. The number of ether oxygens (including phenoxy) is 2. The minimum atomic E-state index is -3.14. The Balaban J connectivity index is 2.15. The van der Waals surface area contributed by atoms with Crippen LogP contribution >= 0.6 is 0 Å². The van der Waals surface area contributed by atoms with E-state index in [-0.39, 0.29) is 0 Å². The predicted octanol–water partition coefficient (Wildman–Crippen LogP) is 4.48. The predicted molar refractivity (Wildman–Crippen MR) is 84.8 cm³/mol. The van der Waals surface area contributed by atoms with Gasteiger partial charge in [0.15, 0.2) is 0 Å². The summed E-state index contributed by atoms with van der Waals surface area (Å²) in [5.41, 5.74) is 1.57.